The first kappa shape index (κ1) is 7.80. The number of nitrogens with two attached hydrogens (primary N) is 1. The topological polar surface area (TPSA) is 35.2 Å². The van der Waals surface area contributed by atoms with E-state index in [1.807, 2.05) is 0 Å². The molecule has 2 nitrogen and oxygen atoms in total. The summed E-state index contributed by atoms with van der Waals surface area (Å²) in [6, 6.07) is 0. The van der Waals surface area contributed by atoms with Gasteiger partial charge in [-0.3, -0.25) is 0 Å². The molecule has 1 rings (SSSR count). The quantitative estimate of drug-likeness (QED) is 0.600. The Morgan fingerprint density at radius 1 is 1.14 bits per heavy atom. The van der Waals surface area contributed by atoms with Crippen LogP contribution in [0.2, 0.25) is 0 Å². The zero-order valence-electron chi connectivity index (χ0n) is 4.39. The molecular formula is C4H12BiNO. The minimum absolute atomic E-state index is 0.667. The molecule has 3 heteroatoms. The van der Waals surface area contributed by atoms with E-state index in [0.717, 1.165) is 13.2 Å². The van der Waals surface area contributed by atoms with Crippen molar-refractivity contribution < 1.29 is 4.74 Å². The second-order valence-corrected chi connectivity index (χ2v) is 1.32. The van der Waals surface area contributed by atoms with Crippen LogP contribution in [-0.2, 0) is 4.74 Å². The molecule has 44 valence electrons. The van der Waals surface area contributed by atoms with E-state index in [9.17, 15) is 0 Å². The van der Waals surface area contributed by atoms with Gasteiger partial charge in [0, 0.05) is 13.2 Å². The van der Waals surface area contributed by atoms with Gasteiger partial charge in [0.05, 0.1) is 0 Å². The van der Waals surface area contributed by atoms with Crippen molar-refractivity contribution in [1.82, 2.24) is 0 Å². The summed E-state index contributed by atoms with van der Waals surface area (Å²) in [5.41, 5.74) is 0. The number of hydrogen-bond donors (Lipinski definition) is 1. The number of hydrogen-bond acceptors (Lipinski definition) is 2. The van der Waals surface area contributed by atoms with Crippen molar-refractivity contribution in [2.24, 2.45) is 3.68 Å². The molecule has 0 amide bonds. The Balaban J connectivity index is 0.000000162. The van der Waals surface area contributed by atoms with E-state index in [4.69, 9.17) is 4.74 Å². The SMILES string of the molecule is C1CCOC1.[NH2][BiH2]. The van der Waals surface area contributed by atoms with Gasteiger partial charge in [0.25, 0.3) is 0 Å². The van der Waals surface area contributed by atoms with E-state index in [2.05, 4.69) is 3.68 Å². The van der Waals surface area contributed by atoms with Crippen molar-refractivity contribution in [3.63, 3.8) is 0 Å². The molecule has 0 aromatic carbocycles. The molecule has 1 saturated heterocycles. The molecule has 0 aromatic rings. The van der Waals surface area contributed by atoms with Crippen LogP contribution in [0.3, 0.4) is 0 Å². The number of rotatable bonds is 0. The third kappa shape index (κ3) is 4.66. The summed E-state index contributed by atoms with van der Waals surface area (Å²) in [6.45, 7) is 2.00. The Hall–Kier alpha value is 0.803. The minimum atomic E-state index is 0.667. The maximum absolute atomic E-state index is 4.94. The van der Waals surface area contributed by atoms with Crippen LogP contribution in [0, 0.1) is 0 Å². The summed E-state index contributed by atoms with van der Waals surface area (Å²) in [5, 5.41) is 0. The molecule has 0 saturated carbocycles. The van der Waals surface area contributed by atoms with E-state index >= 15 is 0 Å². The monoisotopic (exact) mass is 299 g/mol. The molecule has 0 atom stereocenters. The van der Waals surface area contributed by atoms with E-state index in [0.29, 0.717) is 25.0 Å². The first-order valence-corrected chi connectivity index (χ1v) is 5.00. The van der Waals surface area contributed by atoms with Gasteiger partial charge in [-0.15, -0.1) is 0 Å². The summed E-state index contributed by atoms with van der Waals surface area (Å²) in [5.74, 6) is 0. The van der Waals surface area contributed by atoms with Gasteiger partial charge in [0.2, 0.25) is 0 Å². The van der Waals surface area contributed by atoms with Crippen LogP contribution in [0.15, 0.2) is 0 Å². The van der Waals surface area contributed by atoms with Gasteiger partial charge in [-0.25, -0.2) is 0 Å². The maximum atomic E-state index is 4.94. The van der Waals surface area contributed by atoms with Crippen molar-refractivity contribution in [1.29, 1.82) is 0 Å². The van der Waals surface area contributed by atoms with Gasteiger partial charge >= 0.3 is 28.7 Å². The van der Waals surface area contributed by atoms with Crippen molar-refractivity contribution in [2.45, 2.75) is 12.8 Å². The molecule has 1 heterocycles. The molecule has 7 heavy (non-hydrogen) atoms. The van der Waals surface area contributed by atoms with Crippen LogP contribution in [0.1, 0.15) is 12.8 Å². The van der Waals surface area contributed by atoms with Crippen molar-refractivity contribution in [2.75, 3.05) is 13.2 Å². The van der Waals surface area contributed by atoms with Crippen LogP contribution in [0.5, 0.6) is 0 Å². The predicted octanol–water partition coefficient (Wildman–Crippen LogP) is -0.710. The molecule has 1 fully saturated rings. The third-order valence-corrected chi connectivity index (χ3v) is 0.827. The van der Waals surface area contributed by atoms with Gasteiger partial charge < -0.3 is 4.74 Å². The van der Waals surface area contributed by atoms with E-state index in [-0.39, 0.29) is 0 Å². The van der Waals surface area contributed by atoms with Crippen molar-refractivity contribution >= 4 is 25.0 Å². The molecule has 1 aliphatic rings. The van der Waals surface area contributed by atoms with E-state index in [1.54, 1.807) is 0 Å². The third-order valence-electron chi connectivity index (χ3n) is 0.827. The Bertz CT molecular complexity index is 23.3. The average molecular weight is 299 g/mol. The fourth-order valence-corrected chi connectivity index (χ4v) is 0.510. The number of ether oxygens (including phenoxy) is 1. The second kappa shape index (κ2) is 6.80. The van der Waals surface area contributed by atoms with Crippen LogP contribution in [0.4, 0.5) is 0 Å². The Labute approximate surface area is 59.7 Å². The normalized spacial score (nSPS) is 18.0. The molecular weight excluding hydrogens is 287 g/mol. The summed E-state index contributed by atoms with van der Waals surface area (Å²) in [4.78, 5) is 0. The van der Waals surface area contributed by atoms with Gasteiger partial charge in [0.15, 0.2) is 0 Å². The molecule has 1 aliphatic heterocycles. The fourth-order valence-electron chi connectivity index (χ4n) is 0.510. The molecule has 0 spiro atoms. The molecule has 0 aliphatic carbocycles. The average Bonchev–Trinajstić information content (AvgIpc) is 2.23. The van der Waals surface area contributed by atoms with E-state index in [1.165, 1.54) is 12.8 Å². The molecule has 0 unspecified atom stereocenters. The Morgan fingerprint density at radius 2 is 1.57 bits per heavy atom. The predicted molar refractivity (Wildman–Crippen MR) is 32.8 cm³/mol. The Kier molecular flexibility index (Phi) is 7.58. The zero-order chi connectivity index (χ0) is 5.54. The van der Waals surface area contributed by atoms with Gasteiger partial charge in [0.1, 0.15) is 0 Å². The molecule has 2 N–H and O–H groups in total. The van der Waals surface area contributed by atoms with E-state index < -0.39 is 0 Å². The summed E-state index contributed by atoms with van der Waals surface area (Å²) < 4.78 is 9.61. The van der Waals surface area contributed by atoms with Gasteiger partial charge in [-0.05, 0) is 12.8 Å². The zero-order valence-corrected chi connectivity index (χ0v) is 8.88. The van der Waals surface area contributed by atoms with Crippen molar-refractivity contribution in [3.05, 3.63) is 0 Å². The van der Waals surface area contributed by atoms with Gasteiger partial charge in [-0.1, -0.05) is 0 Å². The van der Waals surface area contributed by atoms with Crippen LogP contribution in [0.25, 0.3) is 0 Å². The van der Waals surface area contributed by atoms with Crippen molar-refractivity contribution in [3.8, 4) is 0 Å². The van der Waals surface area contributed by atoms with Crippen LogP contribution in [-0.4, -0.2) is 38.2 Å². The Morgan fingerprint density at radius 3 is 1.71 bits per heavy atom. The summed E-state index contributed by atoms with van der Waals surface area (Å²) in [7, 11) is 0. The second-order valence-electron chi connectivity index (χ2n) is 1.32. The summed E-state index contributed by atoms with van der Waals surface area (Å²) >= 11 is 0.667. The molecule has 0 bridgehead atoms. The molecule has 0 radical (unpaired) electrons. The van der Waals surface area contributed by atoms with Crippen LogP contribution >= 0.6 is 0 Å². The first-order valence-electron chi connectivity index (χ1n) is 2.41. The van der Waals surface area contributed by atoms with Gasteiger partial charge in [-0.2, -0.15) is 0 Å². The summed E-state index contributed by atoms with van der Waals surface area (Å²) in [6.07, 6.45) is 2.56. The fraction of sp³-hybridized carbons (Fsp3) is 1.00. The van der Waals surface area contributed by atoms with Crippen LogP contribution < -0.4 is 3.68 Å². The standard InChI is InChI=1S/C4H8O.Bi.H2N.2H/c1-2-4-5-3-1;;;;/h1-4H2;;1H2;;/q;+1;-1;;. The molecule has 0 aromatic heterocycles. The first-order chi connectivity index (χ1) is 3.50.